The van der Waals surface area contributed by atoms with E-state index in [0.29, 0.717) is 0 Å². The molecular weight excluding hydrogens is 274 g/mol. The van der Waals surface area contributed by atoms with Gasteiger partial charge < -0.3 is 9.84 Å². The Hall–Kier alpha value is -0.610. The summed E-state index contributed by atoms with van der Waals surface area (Å²) in [6.45, 7) is 3.67. The van der Waals surface area contributed by atoms with Crippen LogP contribution in [0.15, 0.2) is 24.3 Å². The third-order valence-corrected chi connectivity index (χ3v) is 4.85. The topological polar surface area (TPSA) is 32.7 Å². The van der Waals surface area contributed by atoms with Gasteiger partial charge in [0.1, 0.15) is 0 Å². The molecule has 2 heterocycles. The van der Waals surface area contributed by atoms with E-state index in [1.165, 1.54) is 5.56 Å². The van der Waals surface area contributed by atoms with Gasteiger partial charge in [0.15, 0.2) is 0 Å². The van der Waals surface area contributed by atoms with Gasteiger partial charge in [-0.15, -0.1) is 0 Å². The highest BCUT2D eigenvalue weighted by Gasteiger charge is 2.43. The molecule has 0 bridgehead atoms. The fourth-order valence-electron chi connectivity index (χ4n) is 3.37. The SMILES string of the molecule is O[C@@H]1CCCOC12CCN(Cc1cccc(Cl)c1)CC2. The van der Waals surface area contributed by atoms with Gasteiger partial charge in [0, 0.05) is 31.3 Å². The molecule has 0 aromatic heterocycles. The van der Waals surface area contributed by atoms with Crippen LogP contribution >= 0.6 is 11.6 Å². The van der Waals surface area contributed by atoms with E-state index < -0.39 is 0 Å². The van der Waals surface area contributed by atoms with Gasteiger partial charge in [-0.3, -0.25) is 4.90 Å². The summed E-state index contributed by atoms with van der Waals surface area (Å²) in [7, 11) is 0. The lowest BCUT2D eigenvalue weighted by molar-refractivity contribution is -0.177. The van der Waals surface area contributed by atoms with Crippen molar-refractivity contribution in [2.24, 2.45) is 0 Å². The molecule has 0 amide bonds. The Morgan fingerprint density at radius 1 is 1.35 bits per heavy atom. The number of nitrogens with zero attached hydrogens (tertiary/aromatic N) is 1. The number of hydrogen-bond acceptors (Lipinski definition) is 3. The number of halogens is 1. The number of ether oxygens (including phenoxy) is 1. The van der Waals surface area contributed by atoms with Crippen molar-refractivity contribution in [2.45, 2.75) is 43.9 Å². The lowest BCUT2D eigenvalue weighted by atomic mass is 9.82. The molecule has 0 unspecified atom stereocenters. The van der Waals surface area contributed by atoms with Crippen molar-refractivity contribution in [1.82, 2.24) is 4.90 Å². The molecule has 2 aliphatic heterocycles. The molecule has 1 aromatic carbocycles. The Morgan fingerprint density at radius 2 is 2.15 bits per heavy atom. The van der Waals surface area contributed by atoms with Crippen LogP contribution in [-0.2, 0) is 11.3 Å². The molecule has 2 fully saturated rings. The average Bonchev–Trinajstić information content (AvgIpc) is 2.45. The molecule has 4 heteroatoms. The van der Waals surface area contributed by atoms with Crippen molar-refractivity contribution in [3.63, 3.8) is 0 Å². The first-order chi connectivity index (χ1) is 9.68. The Kier molecular flexibility index (Phi) is 4.32. The van der Waals surface area contributed by atoms with E-state index in [9.17, 15) is 5.11 Å². The number of benzene rings is 1. The largest absolute Gasteiger partial charge is 0.390 e. The van der Waals surface area contributed by atoms with Crippen LogP contribution < -0.4 is 0 Å². The van der Waals surface area contributed by atoms with Crippen LogP contribution in [0.4, 0.5) is 0 Å². The van der Waals surface area contributed by atoms with Crippen LogP contribution in [0, 0.1) is 0 Å². The molecule has 1 atom stereocenters. The van der Waals surface area contributed by atoms with Crippen LogP contribution in [-0.4, -0.2) is 41.4 Å². The zero-order chi connectivity index (χ0) is 14.0. The zero-order valence-corrected chi connectivity index (χ0v) is 12.5. The van der Waals surface area contributed by atoms with Crippen LogP contribution in [0.2, 0.25) is 5.02 Å². The molecule has 3 rings (SSSR count). The first-order valence-electron chi connectivity index (χ1n) is 7.47. The summed E-state index contributed by atoms with van der Waals surface area (Å²) in [5.74, 6) is 0. The minimum Gasteiger partial charge on any atom is -0.390 e. The van der Waals surface area contributed by atoms with Crippen molar-refractivity contribution in [3.05, 3.63) is 34.9 Å². The monoisotopic (exact) mass is 295 g/mol. The fraction of sp³-hybridized carbons (Fsp3) is 0.625. The van der Waals surface area contributed by atoms with E-state index in [1.807, 2.05) is 18.2 Å². The maximum Gasteiger partial charge on any atom is 0.0964 e. The van der Waals surface area contributed by atoms with Gasteiger partial charge in [0.05, 0.1) is 11.7 Å². The third kappa shape index (κ3) is 3.01. The van der Waals surface area contributed by atoms with Crippen molar-refractivity contribution in [3.8, 4) is 0 Å². The highest BCUT2D eigenvalue weighted by Crippen LogP contribution is 2.35. The summed E-state index contributed by atoms with van der Waals surface area (Å²) >= 11 is 6.03. The van der Waals surface area contributed by atoms with Crippen molar-refractivity contribution < 1.29 is 9.84 Å². The molecule has 110 valence electrons. The van der Waals surface area contributed by atoms with E-state index in [-0.39, 0.29) is 11.7 Å². The van der Waals surface area contributed by atoms with Crippen LogP contribution in [0.25, 0.3) is 0 Å². The number of piperidine rings is 1. The Balaban J connectivity index is 1.58. The molecule has 2 saturated heterocycles. The Labute approximate surface area is 125 Å². The maximum atomic E-state index is 10.2. The zero-order valence-electron chi connectivity index (χ0n) is 11.7. The normalized spacial score (nSPS) is 26.8. The first-order valence-corrected chi connectivity index (χ1v) is 7.85. The number of aliphatic hydroxyl groups excluding tert-OH is 1. The lowest BCUT2D eigenvalue weighted by Crippen LogP contribution is -2.55. The van der Waals surface area contributed by atoms with Crippen molar-refractivity contribution in [2.75, 3.05) is 19.7 Å². The van der Waals surface area contributed by atoms with E-state index in [1.54, 1.807) is 0 Å². The summed E-state index contributed by atoms with van der Waals surface area (Å²) in [6.07, 6.45) is 3.43. The molecule has 1 N–H and O–H groups in total. The average molecular weight is 296 g/mol. The summed E-state index contributed by atoms with van der Waals surface area (Å²) < 4.78 is 5.94. The summed E-state index contributed by atoms with van der Waals surface area (Å²) in [5.41, 5.74) is 0.974. The summed E-state index contributed by atoms with van der Waals surface area (Å²) in [6, 6.07) is 8.04. The van der Waals surface area contributed by atoms with E-state index in [4.69, 9.17) is 16.3 Å². The molecule has 0 radical (unpaired) electrons. The van der Waals surface area contributed by atoms with E-state index >= 15 is 0 Å². The maximum absolute atomic E-state index is 10.2. The molecule has 20 heavy (non-hydrogen) atoms. The van der Waals surface area contributed by atoms with Gasteiger partial charge in [-0.25, -0.2) is 0 Å². The van der Waals surface area contributed by atoms with E-state index in [2.05, 4.69) is 11.0 Å². The number of likely N-dealkylation sites (tertiary alicyclic amines) is 1. The smallest absolute Gasteiger partial charge is 0.0964 e. The van der Waals surface area contributed by atoms with Gasteiger partial charge in [-0.2, -0.15) is 0 Å². The van der Waals surface area contributed by atoms with Gasteiger partial charge in [-0.05, 0) is 43.4 Å². The second kappa shape index (κ2) is 6.02. The van der Waals surface area contributed by atoms with Gasteiger partial charge in [0.25, 0.3) is 0 Å². The molecule has 0 aliphatic carbocycles. The number of aliphatic hydroxyl groups is 1. The first kappa shape index (κ1) is 14.3. The molecule has 2 aliphatic rings. The Bertz CT molecular complexity index is 458. The highest BCUT2D eigenvalue weighted by atomic mass is 35.5. The van der Waals surface area contributed by atoms with E-state index in [0.717, 1.165) is 56.9 Å². The second-order valence-electron chi connectivity index (χ2n) is 5.98. The van der Waals surface area contributed by atoms with Crippen LogP contribution in [0.3, 0.4) is 0 Å². The standard InChI is InChI=1S/C16H22ClNO2/c17-14-4-1-3-13(11-14)12-18-8-6-16(7-9-18)15(19)5-2-10-20-16/h1,3-4,11,15,19H,2,5-10,12H2/t15-/m1/s1. The number of rotatable bonds is 2. The van der Waals surface area contributed by atoms with Gasteiger partial charge >= 0.3 is 0 Å². The summed E-state index contributed by atoms with van der Waals surface area (Å²) in [4.78, 5) is 2.42. The third-order valence-electron chi connectivity index (χ3n) is 4.62. The molecular formula is C16H22ClNO2. The second-order valence-corrected chi connectivity index (χ2v) is 6.41. The van der Waals surface area contributed by atoms with Gasteiger partial charge in [-0.1, -0.05) is 23.7 Å². The molecule has 0 saturated carbocycles. The van der Waals surface area contributed by atoms with Crippen LogP contribution in [0.1, 0.15) is 31.2 Å². The predicted molar refractivity (Wildman–Crippen MR) is 79.9 cm³/mol. The van der Waals surface area contributed by atoms with Crippen LogP contribution in [0.5, 0.6) is 0 Å². The van der Waals surface area contributed by atoms with Crippen molar-refractivity contribution >= 4 is 11.6 Å². The summed E-state index contributed by atoms with van der Waals surface area (Å²) in [5, 5.41) is 11.0. The Morgan fingerprint density at radius 3 is 2.85 bits per heavy atom. The molecule has 3 nitrogen and oxygen atoms in total. The highest BCUT2D eigenvalue weighted by molar-refractivity contribution is 6.30. The number of hydrogen-bond donors (Lipinski definition) is 1. The van der Waals surface area contributed by atoms with Crippen molar-refractivity contribution in [1.29, 1.82) is 0 Å². The quantitative estimate of drug-likeness (QED) is 0.911. The predicted octanol–water partition coefficient (Wildman–Crippen LogP) is 2.85. The molecule has 1 spiro atoms. The minimum absolute atomic E-state index is 0.275. The molecule has 1 aromatic rings. The lowest BCUT2D eigenvalue weighted by Gasteiger charge is -2.46. The van der Waals surface area contributed by atoms with Gasteiger partial charge in [0.2, 0.25) is 0 Å². The fourth-order valence-corrected chi connectivity index (χ4v) is 3.58. The minimum atomic E-state index is -0.287.